The maximum atomic E-state index is 5.69. The van der Waals surface area contributed by atoms with Gasteiger partial charge in [-0.15, -0.1) is 16.7 Å². The van der Waals surface area contributed by atoms with E-state index in [1.54, 1.807) is 0 Å². The van der Waals surface area contributed by atoms with Crippen LogP contribution in [0.15, 0.2) is 12.1 Å². The fourth-order valence-corrected chi connectivity index (χ4v) is 1.75. The van der Waals surface area contributed by atoms with Gasteiger partial charge in [0.05, 0.1) is 11.6 Å². The smallest absolute Gasteiger partial charge is 0.151 e. The van der Waals surface area contributed by atoms with Crippen LogP contribution in [-0.4, -0.2) is 48.8 Å². The zero-order valence-electron chi connectivity index (χ0n) is 10.9. The van der Waals surface area contributed by atoms with Gasteiger partial charge in [0.15, 0.2) is 5.82 Å². The first-order chi connectivity index (χ1) is 8.17. The Morgan fingerprint density at radius 1 is 1.18 bits per heavy atom. The second-order valence-corrected chi connectivity index (χ2v) is 4.52. The molecule has 0 spiro atoms. The van der Waals surface area contributed by atoms with Gasteiger partial charge < -0.3 is 9.80 Å². The van der Waals surface area contributed by atoms with Gasteiger partial charge >= 0.3 is 0 Å². The molecule has 0 aliphatic rings. The summed E-state index contributed by atoms with van der Waals surface area (Å²) in [4.78, 5) is 4.42. The summed E-state index contributed by atoms with van der Waals surface area (Å²) in [6, 6.07) is 3.92. The lowest BCUT2D eigenvalue weighted by molar-refractivity contribution is 0.400. The molecule has 0 aromatic carbocycles. The van der Waals surface area contributed by atoms with Gasteiger partial charge in [-0.25, -0.2) is 0 Å². The van der Waals surface area contributed by atoms with Gasteiger partial charge in [0, 0.05) is 13.1 Å². The Hall–Kier alpha value is -0.870. The van der Waals surface area contributed by atoms with Crippen LogP contribution in [0.5, 0.6) is 0 Å². The molecule has 96 valence electrons. The van der Waals surface area contributed by atoms with E-state index in [1.807, 2.05) is 12.1 Å². The molecule has 17 heavy (non-hydrogen) atoms. The molecule has 0 aliphatic heterocycles. The highest BCUT2D eigenvalue weighted by atomic mass is 35.5. The summed E-state index contributed by atoms with van der Waals surface area (Å²) in [5, 5.41) is 8.27. The van der Waals surface area contributed by atoms with Crippen LogP contribution in [0, 0.1) is 0 Å². The number of hydrogen-bond donors (Lipinski definition) is 0. The SMILES string of the molecule is CCN(CCCN(C)C)c1ccc(CCl)nn1. The van der Waals surface area contributed by atoms with Gasteiger partial charge in [-0.1, -0.05) is 0 Å². The second kappa shape index (κ2) is 7.45. The largest absolute Gasteiger partial charge is 0.355 e. The summed E-state index contributed by atoms with van der Waals surface area (Å²) in [5.74, 6) is 1.35. The maximum absolute atomic E-state index is 5.69. The summed E-state index contributed by atoms with van der Waals surface area (Å²) in [5.41, 5.74) is 0.819. The zero-order chi connectivity index (χ0) is 12.7. The first-order valence-corrected chi connectivity index (χ1v) is 6.49. The fraction of sp³-hybridized carbons (Fsp3) is 0.667. The van der Waals surface area contributed by atoms with Crippen LogP contribution in [0.2, 0.25) is 0 Å². The number of halogens is 1. The topological polar surface area (TPSA) is 32.3 Å². The molecule has 4 nitrogen and oxygen atoms in total. The minimum atomic E-state index is 0.417. The molecule has 0 amide bonds. The van der Waals surface area contributed by atoms with Crippen LogP contribution in [0.1, 0.15) is 19.0 Å². The van der Waals surface area contributed by atoms with Gasteiger partial charge in [0.2, 0.25) is 0 Å². The van der Waals surface area contributed by atoms with Crippen molar-refractivity contribution in [3.8, 4) is 0 Å². The molecule has 0 N–H and O–H groups in total. The fourth-order valence-electron chi connectivity index (χ4n) is 1.61. The third-order valence-electron chi connectivity index (χ3n) is 2.58. The lowest BCUT2D eigenvalue weighted by Crippen LogP contribution is -2.28. The zero-order valence-corrected chi connectivity index (χ0v) is 11.6. The highest BCUT2D eigenvalue weighted by Crippen LogP contribution is 2.10. The molecule has 0 aliphatic carbocycles. The molecule has 0 saturated heterocycles. The molecule has 0 saturated carbocycles. The van der Waals surface area contributed by atoms with E-state index in [9.17, 15) is 0 Å². The normalized spacial score (nSPS) is 10.9. The molecule has 0 radical (unpaired) electrons. The summed E-state index contributed by atoms with van der Waals surface area (Å²) < 4.78 is 0. The average molecular weight is 257 g/mol. The number of hydrogen-bond acceptors (Lipinski definition) is 4. The number of nitrogens with zero attached hydrogens (tertiary/aromatic N) is 4. The molecule has 1 heterocycles. The lowest BCUT2D eigenvalue weighted by atomic mass is 10.3. The van der Waals surface area contributed by atoms with Crippen molar-refractivity contribution >= 4 is 17.4 Å². The van der Waals surface area contributed by atoms with Gasteiger partial charge in [0.1, 0.15) is 0 Å². The Kier molecular flexibility index (Phi) is 6.22. The Bertz CT molecular complexity index is 313. The van der Waals surface area contributed by atoms with Crippen molar-refractivity contribution in [1.82, 2.24) is 15.1 Å². The molecule has 1 aromatic rings. The van der Waals surface area contributed by atoms with Gasteiger partial charge in [-0.05, 0) is 46.1 Å². The van der Waals surface area contributed by atoms with Crippen molar-refractivity contribution in [3.63, 3.8) is 0 Å². The Morgan fingerprint density at radius 3 is 2.41 bits per heavy atom. The van der Waals surface area contributed by atoms with E-state index in [2.05, 4.69) is 41.0 Å². The highest BCUT2D eigenvalue weighted by molar-refractivity contribution is 6.16. The molecule has 0 fully saturated rings. The van der Waals surface area contributed by atoms with Gasteiger partial charge in [-0.3, -0.25) is 0 Å². The summed E-state index contributed by atoms with van der Waals surface area (Å²) >= 11 is 5.69. The van der Waals surface area contributed by atoms with Crippen molar-refractivity contribution in [2.24, 2.45) is 0 Å². The summed E-state index contributed by atoms with van der Waals surface area (Å²) in [6.45, 7) is 5.17. The molecular formula is C12H21ClN4. The Labute approximate surface area is 109 Å². The van der Waals surface area contributed by atoms with Crippen LogP contribution < -0.4 is 4.90 Å². The third-order valence-corrected chi connectivity index (χ3v) is 2.86. The summed E-state index contributed by atoms with van der Waals surface area (Å²) in [7, 11) is 4.18. The quantitative estimate of drug-likeness (QED) is 0.699. The van der Waals surface area contributed by atoms with E-state index < -0.39 is 0 Å². The van der Waals surface area contributed by atoms with Crippen molar-refractivity contribution < 1.29 is 0 Å². The molecule has 1 rings (SSSR count). The van der Waals surface area contributed by atoms with Crippen LogP contribution in [0.4, 0.5) is 5.82 Å². The molecule has 1 aromatic heterocycles. The first kappa shape index (κ1) is 14.2. The van der Waals surface area contributed by atoms with Crippen LogP contribution in [-0.2, 0) is 5.88 Å². The molecule has 0 atom stereocenters. The van der Waals surface area contributed by atoms with E-state index >= 15 is 0 Å². The second-order valence-electron chi connectivity index (χ2n) is 4.25. The summed E-state index contributed by atoms with van der Waals surface area (Å²) in [6.07, 6.45) is 1.12. The minimum absolute atomic E-state index is 0.417. The first-order valence-electron chi connectivity index (χ1n) is 5.95. The number of aromatic nitrogens is 2. The van der Waals surface area contributed by atoms with Crippen molar-refractivity contribution in [2.45, 2.75) is 19.2 Å². The Morgan fingerprint density at radius 2 is 1.94 bits per heavy atom. The third kappa shape index (κ3) is 4.88. The van der Waals surface area contributed by atoms with E-state index in [1.165, 1.54) is 0 Å². The van der Waals surface area contributed by atoms with E-state index in [4.69, 9.17) is 11.6 Å². The molecule has 5 heteroatoms. The Balaban J connectivity index is 2.53. The molecular weight excluding hydrogens is 236 g/mol. The van der Waals surface area contributed by atoms with E-state index in [-0.39, 0.29) is 0 Å². The van der Waals surface area contributed by atoms with Crippen LogP contribution in [0.3, 0.4) is 0 Å². The lowest BCUT2D eigenvalue weighted by Gasteiger charge is -2.22. The van der Waals surface area contributed by atoms with Gasteiger partial charge in [0.25, 0.3) is 0 Å². The average Bonchev–Trinajstić information content (AvgIpc) is 2.34. The van der Waals surface area contributed by atoms with Crippen LogP contribution >= 0.6 is 11.6 Å². The predicted octanol–water partition coefficient (Wildman–Crippen LogP) is 1.99. The number of rotatable bonds is 7. The maximum Gasteiger partial charge on any atom is 0.151 e. The minimum Gasteiger partial charge on any atom is -0.355 e. The number of alkyl halides is 1. The highest BCUT2D eigenvalue weighted by Gasteiger charge is 2.06. The standard InChI is InChI=1S/C12H21ClN4/c1-4-17(9-5-8-16(2)3)12-7-6-11(10-13)14-15-12/h6-7H,4-5,8-10H2,1-3H3. The monoisotopic (exact) mass is 256 g/mol. The molecule has 0 unspecified atom stereocenters. The van der Waals surface area contributed by atoms with Crippen LogP contribution in [0.25, 0.3) is 0 Å². The number of anilines is 1. The van der Waals surface area contributed by atoms with Crippen molar-refractivity contribution in [3.05, 3.63) is 17.8 Å². The van der Waals surface area contributed by atoms with E-state index in [0.29, 0.717) is 5.88 Å². The van der Waals surface area contributed by atoms with Gasteiger partial charge in [-0.2, -0.15) is 5.10 Å². The molecule has 0 bridgehead atoms. The van der Waals surface area contributed by atoms with Crippen molar-refractivity contribution in [2.75, 3.05) is 38.6 Å². The van der Waals surface area contributed by atoms with Crippen molar-refractivity contribution in [1.29, 1.82) is 0 Å². The van der Waals surface area contributed by atoms with E-state index in [0.717, 1.165) is 37.6 Å². The predicted molar refractivity (Wildman–Crippen MR) is 72.6 cm³/mol.